The maximum absolute atomic E-state index is 11.7. The highest BCUT2D eigenvalue weighted by atomic mass is 16.3. The summed E-state index contributed by atoms with van der Waals surface area (Å²) in [6.45, 7) is 3.59. The predicted octanol–water partition coefficient (Wildman–Crippen LogP) is -0.732. The van der Waals surface area contributed by atoms with Crippen molar-refractivity contribution in [2.24, 2.45) is 5.73 Å². The molecule has 0 aliphatic carbocycles. The molecule has 4 N–H and O–H groups in total. The van der Waals surface area contributed by atoms with Gasteiger partial charge in [-0.3, -0.25) is 9.48 Å². The number of nitrogens with two attached hydrogens (primary N) is 1. The summed E-state index contributed by atoms with van der Waals surface area (Å²) in [5, 5.41) is 15.8. The molecule has 90 valence electrons. The lowest BCUT2D eigenvalue weighted by atomic mass is 10.2. The summed E-state index contributed by atoms with van der Waals surface area (Å²) in [7, 11) is 0. The zero-order valence-corrected chi connectivity index (χ0v) is 9.50. The summed E-state index contributed by atoms with van der Waals surface area (Å²) in [5.74, 6) is -0.167. The van der Waals surface area contributed by atoms with Crippen LogP contribution in [0, 0.1) is 0 Å². The number of nitrogens with zero attached hydrogens (tertiary/aromatic N) is 2. The molecule has 1 rings (SSSR count). The van der Waals surface area contributed by atoms with Crippen molar-refractivity contribution in [2.45, 2.75) is 32.0 Å². The van der Waals surface area contributed by atoms with Crippen LogP contribution in [-0.4, -0.2) is 39.5 Å². The van der Waals surface area contributed by atoms with Crippen LogP contribution in [0.3, 0.4) is 0 Å². The van der Waals surface area contributed by atoms with E-state index in [1.807, 2.05) is 0 Å². The number of aliphatic hydroxyl groups is 1. The first kappa shape index (κ1) is 12.7. The van der Waals surface area contributed by atoms with Gasteiger partial charge in [-0.1, -0.05) is 0 Å². The number of nitrogens with one attached hydrogen (secondary N) is 1. The number of hydrogen-bond acceptors (Lipinski definition) is 4. The molecule has 1 aromatic rings. The van der Waals surface area contributed by atoms with Crippen LogP contribution in [0.2, 0.25) is 0 Å². The van der Waals surface area contributed by atoms with Crippen molar-refractivity contribution >= 4 is 5.91 Å². The summed E-state index contributed by atoms with van der Waals surface area (Å²) in [6.07, 6.45) is 2.70. The van der Waals surface area contributed by atoms with Gasteiger partial charge < -0.3 is 16.2 Å². The minimum absolute atomic E-state index is 0.167. The zero-order valence-electron chi connectivity index (χ0n) is 9.50. The highest BCUT2D eigenvalue weighted by Crippen LogP contribution is 2.02. The van der Waals surface area contributed by atoms with Crippen LogP contribution in [0.1, 0.15) is 19.9 Å². The Morgan fingerprint density at radius 1 is 1.62 bits per heavy atom. The Morgan fingerprint density at radius 2 is 2.31 bits per heavy atom. The van der Waals surface area contributed by atoms with E-state index in [0.717, 1.165) is 0 Å². The maximum Gasteiger partial charge on any atom is 0.244 e. The molecule has 0 fully saturated rings. The predicted molar refractivity (Wildman–Crippen MR) is 59.6 cm³/mol. The van der Waals surface area contributed by atoms with E-state index in [-0.39, 0.29) is 18.5 Å². The van der Waals surface area contributed by atoms with Crippen LogP contribution in [0.15, 0.2) is 18.5 Å². The molecule has 1 heterocycles. The molecular weight excluding hydrogens is 208 g/mol. The first-order valence-electron chi connectivity index (χ1n) is 5.23. The molecule has 0 radical (unpaired) electrons. The number of carbonyl (C=O) groups is 1. The molecule has 0 saturated heterocycles. The summed E-state index contributed by atoms with van der Waals surface area (Å²) in [5.41, 5.74) is 5.60. The highest BCUT2D eigenvalue weighted by Gasteiger charge is 2.16. The lowest BCUT2D eigenvalue weighted by Crippen LogP contribution is -2.45. The van der Waals surface area contributed by atoms with Crippen molar-refractivity contribution in [2.75, 3.05) is 6.54 Å². The topological polar surface area (TPSA) is 93.2 Å². The van der Waals surface area contributed by atoms with Crippen LogP contribution in [0.5, 0.6) is 0 Å². The molecule has 1 amide bonds. The minimum atomic E-state index is -0.639. The number of hydrogen-bond donors (Lipinski definition) is 3. The third-order valence-electron chi connectivity index (χ3n) is 2.43. The summed E-state index contributed by atoms with van der Waals surface area (Å²) in [4.78, 5) is 11.7. The quantitative estimate of drug-likeness (QED) is 0.617. The van der Waals surface area contributed by atoms with E-state index in [2.05, 4.69) is 10.4 Å². The Labute approximate surface area is 94.4 Å². The highest BCUT2D eigenvalue weighted by molar-refractivity contribution is 5.79. The van der Waals surface area contributed by atoms with Gasteiger partial charge in [0.25, 0.3) is 0 Å². The zero-order chi connectivity index (χ0) is 12.1. The summed E-state index contributed by atoms with van der Waals surface area (Å²) >= 11 is 0. The number of amides is 1. The van der Waals surface area contributed by atoms with E-state index in [1.54, 1.807) is 37.0 Å². The Morgan fingerprint density at radius 3 is 2.81 bits per heavy atom. The van der Waals surface area contributed by atoms with Gasteiger partial charge in [0.1, 0.15) is 6.04 Å². The molecule has 0 aliphatic heterocycles. The molecule has 6 heteroatoms. The number of aromatic nitrogens is 2. The van der Waals surface area contributed by atoms with Crippen LogP contribution >= 0.6 is 0 Å². The fourth-order valence-corrected chi connectivity index (χ4v) is 1.17. The molecule has 16 heavy (non-hydrogen) atoms. The van der Waals surface area contributed by atoms with Gasteiger partial charge in [0.15, 0.2) is 0 Å². The first-order valence-corrected chi connectivity index (χ1v) is 5.23. The van der Waals surface area contributed by atoms with Gasteiger partial charge in [-0.15, -0.1) is 0 Å². The standard InChI is InChI=1S/C10H18N4O2/c1-7(14-5-3-4-13-14)10(16)12-6-9(11)8(2)15/h3-5,7-9,15H,6,11H2,1-2H3,(H,12,16). The Bertz CT molecular complexity index is 324. The van der Waals surface area contributed by atoms with Gasteiger partial charge in [0.2, 0.25) is 5.91 Å². The molecule has 0 aromatic carbocycles. The lowest BCUT2D eigenvalue weighted by Gasteiger charge is -2.17. The largest absolute Gasteiger partial charge is 0.392 e. The van der Waals surface area contributed by atoms with E-state index in [1.165, 1.54) is 0 Å². The molecular formula is C10H18N4O2. The Balaban J connectivity index is 2.41. The summed E-state index contributed by atoms with van der Waals surface area (Å²) in [6, 6.07) is 0.927. The Kier molecular flexibility index (Phi) is 4.45. The molecule has 0 spiro atoms. The minimum Gasteiger partial charge on any atom is -0.392 e. The molecule has 3 unspecified atom stereocenters. The number of aliphatic hydroxyl groups excluding tert-OH is 1. The van der Waals surface area contributed by atoms with Crippen LogP contribution in [0.4, 0.5) is 0 Å². The van der Waals surface area contributed by atoms with Crippen molar-refractivity contribution < 1.29 is 9.90 Å². The van der Waals surface area contributed by atoms with E-state index in [9.17, 15) is 4.79 Å². The van der Waals surface area contributed by atoms with Crippen molar-refractivity contribution in [3.8, 4) is 0 Å². The van der Waals surface area contributed by atoms with Crippen LogP contribution in [0.25, 0.3) is 0 Å². The van der Waals surface area contributed by atoms with E-state index in [4.69, 9.17) is 10.8 Å². The third-order valence-corrected chi connectivity index (χ3v) is 2.43. The summed E-state index contributed by atoms with van der Waals surface area (Å²) < 4.78 is 1.56. The van der Waals surface area contributed by atoms with Gasteiger partial charge in [0.05, 0.1) is 6.10 Å². The smallest absolute Gasteiger partial charge is 0.244 e. The normalized spacial score (nSPS) is 16.5. The maximum atomic E-state index is 11.7. The molecule has 0 aliphatic rings. The number of carbonyl (C=O) groups excluding carboxylic acids is 1. The van der Waals surface area contributed by atoms with Gasteiger partial charge >= 0.3 is 0 Å². The van der Waals surface area contributed by atoms with Gasteiger partial charge in [-0.2, -0.15) is 5.10 Å². The van der Waals surface area contributed by atoms with E-state index in [0.29, 0.717) is 0 Å². The van der Waals surface area contributed by atoms with Crippen molar-refractivity contribution in [3.63, 3.8) is 0 Å². The van der Waals surface area contributed by atoms with Gasteiger partial charge in [-0.05, 0) is 19.9 Å². The second-order valence-corrected chi connectivity index (χ2v) is 3.81. The average Bonchev–Trinajstić information content (AvgIpc) is 2.77. The lowest BCUT2D eigenvalue weighted by molar-refractivity contribution is -0.124. The molecule has 6 nitrogen and oxygen atoms in total. The fourth-order valence-electron chi connectivity index (χ4n) is 1.17. The SMILES string of the molecule is CC(O)C(N)CNC(=O)C(C)n1cccn1. The molecule has 3 atom stereocenters. The van der Waals surface area contributed by atoms with E-state index >= 15 is 0 Å². The second kappa shape index (κ2) is 5.62. The van der Waals surface area contributed by atoms with Crippen LogP contribution < -0.4 is 11.1 Å². The van der Waals surface area contributed by atoms with Gasteiger partial charge in [-0.25, -0.2) is 0 Å². The number of rotatable bonds is 5. The fraction of sp³-hybridized carbons (Fsp3) is 0.600. The third kappa shape index (κ3) is 3.32. The monoisotopic (exact) mass is 226 g/mol. The second-order valence-electron chi connectivity index (χ2n) is 3.81. The average molecular weight is 226 g/mol. The molecule has 0 saturated carbocycles. The Hall–Kier alpha value is -1.40. The van der Waals surface area contributed by atoms with Gasteiger partial charge in [0, 0.05) is 25.0 Å². The molecule has 1 aromatic heterocycles. The van der Waals surface area contributed by atoms with Crippen molar-refractivity contribution in [1.82, 2.24) is 15.1 Å². The van der Waals surface area contributed by atoms with Crippen molar-refractivity contribution in [3.05, 3.63) is 18.5 Å². The first-order chi connectivity index (χ1) is 7.52. The van der Waals surface area contributed by atoms with Crippen molar-refractivity contribution in [1.29, 1.82) is 0 Å². The van der Waals surface area contributed by atoms with Crippen LogP contribution in [-0.2, 0) is 4.79 Å². The van der Waals surface area contributed by atoms with E-state index < -0.39 is 12.1 Å². The molecule has 0 bridgehead atoms.